The smallest absolute Gasteiger partial charge is 0.269 e. The van der Waals surface area contributed by atoms with Crippen molar-refractivity contribution in [3.8, 4) is 10.8 Å². The number of nitrogens with one attached hydrogen (secondary N) is 1. The Hall–Kier alpha value is -2.61. The topological polar surface area (TPSA) is 85.6 Å². The Kier molecular flexibility index (Phi) is 4.95. The first-order chi connectivity index (χ1) is 11.7. The highest BCUT2D eigenvalue weighted by atomic mass is 32.1. The van der Waals surface area contributed by atoms with E-state index in [1.54, 1.807) is 30.2 Å². The maximum Gasteiger partial charge on any atom is 0.269 e. The van der Waals surface area contributed by atoms with Crippen molar-refractivity contribution in [3.63, 3.8) is 0 Å². The van der Waals surface area contributed by atoms with Gasteiger partial charge in [-0.2, -0.15) is 5.10 Å². The number of rotatable bonds is 6. The first-order valence-corrected chi connectivity index (χ1v) is 8.58. The molecule has 0 saturated heterocycles. The molecule has 1 N–H and O–H groups in total. The van der Waals surface area contributed by atoms with Crippen LogP contribution in [0.1, 0.15) is 35.2 Å². The quantitative estimate of drug-likeness (QED) is 0.742. The lowest BCUT2D eigenvalue weighted by Gasteiger charge is -2.03. The summed E-state index contributed by atoms with van der Waals surface area (Å²) >= 11 is 1.46. The number of thiazole rings is 1. The molecule has 0 aromatic carbocycles. The minimum atomic E-state index is -0.155. The zero-order valence-electron chi connectivity index (χ0n) is 13.6. The van der Waals surface area contributed by atoms with Crippen molar-refractivity contribution in [2.75, 3.05) is 0 Å². The van der Waals surface area contributed by atoms with Crippen molar-refractivity contribution < 1.29 is 4.79 Å². The van der Waals surface area contributed by atoms with Gasteiger partial charge in [-0.05, 0) is 18.6 Å². The SMILES string of the molecule is CCCc1cc(C(=O)NCc2csc(-c3ncccn3)n2)n(C)n1. The molecule has 0 unspecified atom stereocenters. The third-order valence-electron chi connectivity index (χ3n) is 3.41. The Morgan fingerprint density at radius 1 is 1.29 bits per heavy atom. The number of amides is 1. The molecule has 0 aliphatic rings. The molecule has 0 radical (unpaired) electrons. The van der Waals surface area contributed by atoms with Crippen LogP contribution in [0.3, 0.4) is 0 Å². The second kappa shape index (κ2) is 7.31. The van der Waals surface area contributed by atoms with Crippen LogP contribution in [0, 0.1) is 0 Å². The van der Waals surface area contributed by atoms with Crippen LogP contribution in [-0.2, 0) is 20.0 Å². The van der Waals surface area contributed by atoms with E-state index in [-0.39, 0.29) is 5.91 Å². The lowest BCUT2D eigenvalue weighted by Crippen LogP contribution is -2.25. The zero-order valence-corrected chi connectivity index (χ0v) is 14.4. The number of aryl methyl sites for hydroxylation is 2. The molecule has 0 fully saturated rings. The van der Waals surface area contributed by atoms with Crippen molar-refractivity contribution in [3.05, 3.63) is 47.0 Å². The fourth-order valence-corrected chi connectivity index (χ4v) is 3.04. The van der Waals surface area contributed by atoms with Gasteiger partial charge in [0.15, 0.2) is 10.8 Å². The molecule has 0 atom stereocenters. The Labute approximate surface area is 143 Å². The largest absolute Gasteiger partial charge is 0.345 e. The van der Waals surface area contributed by atoms with E-state index in [1.807, 2.05) is 11.4 Å². The molecule has 3 aromatic heterocycles. The molecule has 0 bridgehead atoms. The molecular weight excluding hydrogens is 324 g/mol. The van der Waals surface area contributed by atoms with Gasteiger partial charge in [-0.15, -0.1) is 11.3 Å². The van der Waals surface area contributed by atoms with E-state index < -0.39 is 0 Å². The third kappa shape index (κ3) is 3.65. The Morgan fingerprint density at radius 3 is 2.83 bits per heavy atom. The number of hydrogen-bond acceptors (Lipinski definition) is 6. The van der Waals surface area contributed by atoms with Gasteiger partial charge in [-0.25, -0.2) is 15.0 Å². The lowest BCUT2D eigenvalue weighted by molar-refractivity contribution is 0.0941. The van der Waals surface area contributed by atoms with Crippen molar-refractivity contribution >= 4 is 17.2 Å². The van der Waals surface area contributed by atoms with E-state index in [0.29, 0.717) is 18.1 Å². The Balaban J connectivity index is 1.64. The van der Waals surface area contributed by atoms with Crippen LogP contribution < -0.4 is 5.32 Å². The average molecular weight is 342 g/mol. The van der Waals surface area contributed by atoms with Crippen molar-refractivity contribution in [2.45, 2.75) is 26.3 Å². The molecule has 8 heteroatoms. The molecule has 124 valence electrons. The predicted molar refractivity (Wildman–Crippen MR) is 91.5 cm³/mol. The van der Waals surface area contributed by atoms with Crippen LogP contribution >= 0.6 is 11.3 Å². The van der Waals surface area contributed by atoms with Gasteiger partial charge in [-0.3, -0.25) is 9.48 Å². The van der Waals surface area contributed by atoms with Gasteiger partial charge in [0.05, 0.1) is 17.9 Å². The van der Waals surface area contributed by atoms with Crippen LogP contribution in [0.5, 0.6) is 0 Å². The van der Waals surface area contributed by atoms with E-state index in [0.717, 1.165) is 29.2 Å². The van der Waals surface area contributed by atoms with Gasteiger partial charge >= 0.3 is 0 Å². The first kappa shape index (κ1) is 16.3. The van der Waals surface area contributed by atoms with E-state index in [2.05, 4.69) is 32.3 Å². The Morgan fingerprint density at radius 2 is 2.08 bits per heavy atom. The average Bonchev–Trinajstić information content (AvgIpc) is 3.21. The van der Waals surface area contributed by atoms with Crippen molar-refractivity contribution in [1.29, 1.82) is 0 Å². The predicted octanol–water partition coefficient (Wildman–Crippen LogP) is 2.22. The monoisotopic (exact) mass is 342 g/mol. The molecule has 1 amide bonds. The minimum absolute atomic E-state index is 0.155. The summed E-state index contributed by atoms with van der Waals surface area (Å²) in [5, 5.41) is 9.87. The summed E-state index contributed by atoms with van der Waals surface area (Å²) in [5.74, 6) is 0.439. The Bertz CT molecular complexity index is 826. The summed E-state index contributed by atoms with van der Waals surface area (Å²) in [6.45, 7) is 2.45. The standard InChI is InChI=1S/C16H18N6OS/c1-3-5-11-8-13(22(2)21-11)15(23)19-9-12-10-24-16(20-12)14-17-6-4-7-18-14/h4,6-8,10H,3,5,9H2,1-2H3,(H,19,23). The maximum absolute atomic E-state index is 12.3. The number of aromatic nitrogens is 5. The zero-order chi connectivity index (χ0) is 16.9. The second-order valence-corrected chi connectivity index (χ2v) is 6.15. The lowest BCUT2D eigenvalue weighted by atomic mass is 10.2. The summed E-state index contributed by atoms with van der Waals surface area (Å²) in [6, 6.07) is 3.60. The molecule has 0 aliphatic carbocycles. The van der Waals surface area contributed by atoms with Gasteiger partial charge in [-0.1, -0.05) is 13.3 Å². The highest BCUT2D eigenvalue weighted by Gasteiger charge is 2.14. The number of carbonyl (C=O) groups is 1. The molecule has 0 spiro atoms. The van der Waals surface area contributed by atoms with E-state index in [1.165, 1.54) is 11.3 Å². The van der Waals surface area contributed by atoms with Gasteiger partial charge in [0.2, 0.25) is 0 Å². The maximum atomic E-state index is 12.3. The van der Waals surface area contributed by atoms with E-state index >= 15 is 0 Å². The van der Waals surface area contributed by atoms with Crippen LogP contribution in [0.15, 0.2) is 29.9 Å². The normalized spacial score (nSPS) is 10.8. The minimum Gasteiger partial charge on any atom is -0.345 e. The van der Waals surface area contributed by atoms with Crippen molar-refractivity contribution in [2.24, 2.45) is 7.05 Å². The highest BCUT2D eigenvalue weighted by Crippen LogP contribution is 2.19. The highest BCUT2D eigenvalue weighted by molar-refractivity contribution is 7.13. The summed E-state index contributed by atoms with van der Waals surface area (Å²) in [7, 11) is 1.78. The summed E-state index contributed by atoms with van der Waals surface area (Å²) in [4.78, 5) is 25.1. The van der Waals surface area contributed by atoms with Gasteiger partial charge < -0.3 is 5.32 Å². The number of nitrogens with zero attached hydrogens (tertiary/aromatic N) is 5. The molecule has 3 heterocycles. The molecule has 0 aliphatic heterocycles. The third-order valence-corrected chi connectivity index (χ3v) is 4.30. The first-order valence-electron chi connectivity index (χ1n) is 7.70. The molecule has 3 rings (SSSR count). The van der Waals surface area contributed by atoms with Gasteiger partial charge in [0.25, 0.3) is 5.91 Å². The number of carbonyl (C=O) groups excluding carboxylic acids is 1. The number of hydrogen-bond donors (Lipinski definition) is 1. The van der Waals surface area contributed by atoms with Crippen LogP contribution in [-0.4, -0.2) is 30.6 Å². The summed E-state index contributed by atoms with van der Waals surface area (Å²) < 4.78 is 1.62. The van der Waals surface area contributed by atoms with Crippen LogP contribution in [0.2, 0.25) is 0 Å². The fourth-order valence-electron chi connectivity index (χ4n) is 2.28. The molecule has 7 nitrogen and oxygen atoms in total. The van der Waals surface area contributed by atoms with Crippen molar-refractivity contribution in [1.82, 2.24) is 30.0 Å². The van der Waals surface area contributed by atoms with E-state index in [4.69, 9.17) is 0 Å². The van der Waals surface area contributed by atoms with Crippen LogP contribution in [0.25, 0.3) is 10.8 Å². The molecule has 3 aromatic rings. The van der Waals surface area contributed by atoms with Gasteiger partial charge in [0, 0.05) is 24.8 Å². The summed E-state index contributed by atoms with van der Waals surface area (Å²) in [6.07, 6.45) is 5.23. The second-order valence-electron chi connectivity index (χ2n) is 5.29. The molecule has 0 saturated carbocycles. The fraction of sp³-hybridized carbons (Fsp3) is 0.312. The van der Waals surface area contributed by atoms with Gasteiger partial charge in [0.1, 0.15) is 5.69 Å². The summed E-state index contributed by atoms with van der Waals surface area (Å²) in [5.41, 5.74) is 2.27. The molecular formula is C16H18N6OS. The molecule has 24 heavy (non-hydrogen) atoms. The van der Waals surface area contributed by atoms with E-state index in [9.17, 15) is 4.79 Å². The van der Waals surface area contributed by atoms with Crippen LogP contribution in [0.4, 0.5) is 0 Å².